The number of allylic oxidation sites excluding steroid dienone is 1. The molecule has 3 spiro atoms. The molecule has 9 heterocycles. The first-order chi connectivity index (χ1) is 29.3. The summed E-state index contributed by atoms with van der Waals surface area (Å²) in [5.74, 6) is -8.23. The summed E-state index contributed by atoms with van der Waals surface area (Å²) in [6.45, 7) is 16.0. The maximum absolute atomic E-state index is 12.9. The molecule has 346 valence electrons. The maximum atomic E-state index is 12.9. The SMILES string of the molecule is C=C(C[C@@]12C[C@@H](C)C[C@@H](O1)[C@H]1O[C@]3(C[C@H]1O2)NC[C@H](C)C[C@@H]3C)[C@H]1O[C@@](O)([C@H](O)[C@@H]2C[C@H]3O[C@@]4(CC[C@]5(CC=C[C@@H](/C=C/CCC(=O)O)O5)O4)[C@H](C)C[C@@H]3O2)[C@H](C(=O)O)C[C@@H]1C. The molecule has 0 aliphatic carbocycles. The van der Waals surface area contributed by atoms with E-state index in [9.17, 15) is 24.9 Å². The Bertz CT molecular complexity index is 1790. The van der Waals surface area contributed by atoms with Crippen LogP contribution >= 0.6 is 0 Å². The number of aliphatic hydroxyl groups excluding tert-OH is 1. The molecular formula is C47H69NO14. The van der Waals surface area contributed by atoms with Crippen molar-refractivity contribution in [1.29, 1.82) is 0 Å². The van der Waals surface area contributed by atoms with Crippen LogP contribution in [0.4, 0.5) is 0 Å². The van der Waals surface area contributed by atoms with Crippen molar-refractivity contribution in [2.45, 2.75) is 202 Å². The minimum atomic E-state index is -2.50. The van der Waals surface area contributed by atoms with E-state index in [1.165, 1.54) is 0 Å². The highest BCUT2D eigenvalue weighted by Crippen LogP contribution is 2.56. The van der Waals surface area contributed by atoms with E-state index in [0.29, 0.717) is 55.9 Å². The molecule has 15 heteroatoms. The maximum Gasteiger partial charge on any atom is 0.312 e. The molecule has 0 aromatic rings. The van der Waals surface area contributed by atoms with E-state index >= 15 is 0 Å². The lowest BCUT2D eigenvalue weighted by Gasteiger charge is -2.53. The normalized spacial score (nSPS) is 51.5. The van der Waals surface area contributed by atoms with Crippen molar-refractivity contribution in [3.63, 3.8) is 0 Å². The van der Waals surface area contributed by atoms with E-state index < -0.39 is 77.2 Å². The van der Waals surface area contributed by atoms with Crippen LogP contribution in [-0.4, -0.2) is 123 Å². The second kappa shape index (κ2) is 16.6. The second-order valence-corrected chi connectivity index (χ2v) is 20.9. The Morgan fingerprint density at radius 1 is 0.871 bits per heavy atom. The summed E-state index contributed by atoms with van der Waals surface area (Å²) in [4.78, 5) is 23.8. The largest absolute Gasteiger partial charge is 0.481 e. The third kappa shape index (κ3) is 8.07. The van der Waals surface area contributed by atoms with Crippen LogP contribution in [0.15, 0.2) is 36.5 Å². The number of hydrogen-bond donors (Lipinski definition) is 5. The Labute approximate surface area is 364 Å². The van der Waals surface area contributed by atoms with Crippen molar-refractivity contribution >= 4 is 11.9 Å². The molecule has 0 aromatic carbocycles. The fourth-order valence-corrected chi connectivity index (χ4v) is 12.8. The van der Waals surface area contributed by atoms with Gasteiger partial charge in [-0.2, -0.15) is 0 Å². The predicted octanol–water partition coefficient (Wildman–Crippen LogP) is 5.32. The number of aliphatic carboxylic acids is 2. The molecule has 0 aromatic heterocycles. The van der Waals surface area contributed by atoms with E-state index in [4.69, 9.17) is 43.0 Å². The van der Waals surface area contributed by atoms with Gasteiger partial charge in [-0.25, -0.2) is 0 Å². The number of piperidine rings is 1. The highest BCUT2D eigenvalue weighted by molar-refractivity contribution is 5.71. The summed E-state index contributed by atoms with van der Waals surface area (Å²) in [6.07, 6.45) is 8.78. The molecular weight excluding hydrogens is 803 g/mol. The third-order valence-corrected chi connectivity index (χ3v) is 15.9. The van der Waals surface area contributed by atoms with Crippen molar-refractivity contribution in [3.8, 4) is 0 Å². The van der Waals surface area contributed by atoms with Crippen molar-refractivity contribution < 1.29 is 67.9 Å². The van der Waals surface area contributed by atoms with Gasteiger partial charge >= 0.3 is 11.9 Å². The highest BCUT2D eigenvalue weighted by Gasteiger charge is 2.65. The van der Waals surface area contributed by atoms with Gasteiger partial charge in [0, 0.05) is 63.8 Å². The van der Waals surface area contributed by atoms with Gasteiger partial charge in [0.05, 0.1) is 42.7 Å². The van der Waals surface area contributed by atoms with Crippen molar-refractivity contribution in [1.82, 2.24) is 5.32 Å². The minimum Gasteiger partial charge on any atom is -0.481 e. The fourth-order valence-electron chi connectivity index (χ4n) is 12.8. The molecule has 15 nitrogen and oxygen atoms in total. The van der Waals surface area contributed by atoms with Gasteiger partial charge in [-0.1, -0.05) is 65.5 Å². The minimum absolute atomic E-state index is 0.0408. The molecule has 2 bridgehead atoms. The lowest BCUT2D eigenvalue weighted by atomic mass is 9.75. The standard InChI is InChI=1S/C47H69NO14/c1-25-17-35-40-37(23-45(60-40)29(5)16-26(2)24-48-45)58-44(21-25,57-35)22-28(4)39-27(3)18-32(42(52)53)47(54,61-39)41(51)36-20-34-33(55-36)19-30(6)46(59-34)15-14-43(62-46)13-9-11-31(56-43)10-7-8-12-38(49)50/h7,9-11,25-27,29-37,39-41,48,51,54H,4,8,12-24H2,1-3,5-6H3,(H,49,50)(H,52,53)/b10-7+/t25-,26+,27-,29-,30+,31+,32-,33-,34+,35+,36-,37+,39-,40+,41+,43-,44-,45-,46+,47+/m0/s1. The fraction of sp³-hybridized carbons (Fsp3) is 0.830. The van der Waals surface area contributed by atoms with Crippen molar-refractivity contribution in [3.05, 3.63) is 36.5 Å². The number of hydrogen-bond acceptors (Lipinski definition) is 13. The second-order valence-electron chi connectivity index (χ2n) is 20.9. The first kappa shape index (κ1) is 44.9. The Morgan fingerprint density at radius 3 is 2.42 bits per heavy atom. The zero-order valence-electron chi connectivity index (χ0n) is 36.9. The molecule has 5 N–H and O–H groups in total. The average molecular weight is 872 g/mol. The lowest BCUT2D eigenvalue weighted by molar-refractivity contribution is -0.367. The molecule has 0 saturated carbocycles. The number of fused-ring (bicyclic) bond motifs is 5. The summed E-state index contributed by atoms with van der Waals surface area (Å²) in [7, 11) is 0. The molecule has 8 saturated heterocycles. The van der Waals surface area contributed by atoms with E-state index in [1.54, 1.807) is 0 Å². The molecule has 0 radical (unpaired) electrons. The lowest BCUT2D eigenvalue weighted by Crippen LogP contribution is -2.63. The van der Waals surface area contributed by atoms with Gasteiger partial charge in [0.25, 0.3) is 0 Å². The Hall–Kier alpha value is -2.28. The number of nitrogens with one attached hydrogen (secondary N) is 1. The quantitative estimate of drug-likeness (QED) is 0.177. The zero-order chi connectivity index (χ0) is 44.0. The number of carbonyl (C=O) groups is 2. The first-order valence-corrected chi connectivity index (χ1v) is 23.4. The van der Waals surface area contributed by atoms with Crippen LogP contribution in [0.1, 0.15) is 118 Å². The predicted molar refractivity (Wildman–Crippen MR) is 221 cm³/mol. The van der Waals surface area contributed by atoms with E-state index in [1.807, 2.05) is 38.2 Å². The van der Waals surface area contributed by atoms with Crippen LogP contribution in [0.25, 0.3) is 0 Å². The van der Waals surface area contributed by atoms with Crippen LogP contribution < -0.4 is 5.32 Å². The number of aliphatic hydroxyl groups is 2. The van der Waals surface area contributed by atoms with E-state index in [-0.39, 0.29) is 67.9 Å². The molecule has 62 heavy (non-hydrogen) atoms. The summed E-state index contributed by atoms with van der Waals surface area (Å²) in [5.41, 5.74) is 0.143. The highest BCUT2D eigenvalue weighted by atomic mass is 16.8. The first-order valence-electron chi connectivity index (χ1n) is 23.4. The summed E-state index contributed by atoms with van der Waals surface area (Å²) in [5, 5.41) is 47.7. The average Bonchev–Trinajstić information content (AvgIpc) is 3.89. The zero-order valence-corrected chi connectivity index (χ0v) is 36.9. The van der Waals surface area contributed by atoms with E-state index in [2.05, 4.69) is 32.7 Å². The van der Waals surface area contributed by atoms with Crippen LogP contribution in [0.3, 0.4) is 0 Å². The molecule has 0 amide bonds. The van der Waals surface area contributed by atoms with Crippen molar-refractivity contribution in [2.24, 2.45) is 35.5 Å². The van der Waals surface area contributed by atoms with Crippen LogP contribution in [-0.2, 0) is 47.5 Å². The molecule has 9 aliphatic rings. The van der Waals surface area contributed by atoms with Crippen LogP contribution in [0.5, 0.6) is 0 Å². The van der Waals surface area contributed by atoms with Gasteiger partial charge in [-0.05, 0) is 61.3 Å². The summed E-state index contributed by atoms with van der Waals surface area (Å²) in [6, 6.07) is 0. The smallest absolute Gasteiger partial charge is 0.312 e. The van der Waals surface area contributed by atoms with Crippen LogP contribution in [0, 0.1) is 35.5 Å². The number of ether oxygens (including phenoxy) is 8. The van der Waals surface area contributed by atoms with Gasteiger partial charge < -0.3 is 58.3 Å². The van der Waals surface area contributed by atoms with Gasteiger partial charge in [-0.15, -0.1) is 0 Å². The van der Waals surface area contributed by atoms with Gasteiger partial charge in [-0.3, -0.25) is 14.9 Å². The van der Waals surface area contributed by atoms with E-state index in [0.717, 1.165) is 25.8 Å². The van der Waals surface area contributed by atoms with Crippen LogP contribution in [0.2, 0.25) is 0 Å². The van der Waals surface area contributed by atoms with Crippen molar-refractivity contribution in [2.75, 3.05) is 6.54 Å². The molecule has 9 aliphatic heterocycles. The Kier molecular flexibility index (Phi) is 12.0. The van der Waals surface area contributed by atoms with Gasteiger partial charge in [0.1, 0.15) is 23.9 Å². The van der Waals surface area contributed by atoms with Gasteiger partial charge in [0.2, 0.25) is 5.79 Å². The third-order valence-electron chi connectivity index (χ3n) is 15.9. The summed E-state index contributed by atoms with van der Waals surface area (Å²) >= 11 is 0. The Morgan fingerprint density at radius 2 is 1.66 bits per heavy atom. The Balaban J connectivity index is 0.870. The molecule has 8 fully saturated rings. The number of carboxylic acid groups (broad SMARTS) is 2. The molecule has 20 atom stereocenters. The molecule has 0 unspecified atom stereocenters. The number of carboxylic acids is 2. The topological polar surface area (TPSA) is 201 Å². The van der Waals surface area contributed by atoms with Gasteiger partial charge in [0.15, 0.2) is 17.4 Å². The molecule has 9 rings (SSSR count). The monoisotopic (exact) mass is 871 g/mol. The summed E-state index contributed by atoms with van der Waals surface area (Å²) < 4.78 is 53.6. The number of rotatable bonds is 10.